The van der Waals surface area contributed by atoms with Crippen LogP contribution in [0.25, 0.3) is 0 Å². The number of nitrogens with one attached hydrogen (secondary N) is 1. The third-order valence-corrected chi connectivity index (χ3v) is 2.68. The van der Waals surface area contributed by atoms with Crippen LogP contribution in [0, 0.1) is 11.3 Å². The Morgan fingerprint density at radius 2 is 1.89 bits per heavy atom. The molecule has 0 aliphatic rings. The first-order valence-electron chi connectivity index (χ1n) is 6.03. The summed E-state index contributed by atoms with van der Waals surface area (Å²) in [4.78, 5) is 0. The average Bonchev–Trinajstić information content (AvgIpc) is 2.44. The lowest BCUT2D eigenvalue weighted by Crippen LogP contribution is -2.01. The van der Waals surface area contributed by atoms with Gasteiger partial charge in [0.15, 0.2) is 0 Å². The lowest BCUT2D eigenvalue weighted by atomic mass is 10.1. The Balaban J connectivity index is 2.34. The van der Waals surface area contributed by atoms with Gasteiger partial charge in [0.1, 0.15) is 11.8 Å². The van der Waals surface area contributed by atoms with E-state index in [1.165, 1.54) is 0 Å². The van der Waals surface area contributed by atoms with E-state index in [1.54, 1.807) is 6.07 Å². The molecule has 0 spiro atoms. The highest BCUT2D eigenvalue weighted by molar-refractivity contribution is 5.79. The molecule has 0 saturated carbocycles. The Kier molecular flexibility index (Phi) is 3.89. The molecular formula is C15H15N3O. The second-order valence-corrected chi connectivity index (χ2v) is 3.93. The number of nitrogen functional groups attached to an aromatic ring is 1. The fraction of sp³-hybridized carbons (Fsp3) is 0.133. The lowest BCUT2D eigenvalue weighted by molar-refractivity contribution is 0.342. The topological polar surface area (TPSA) is 71.1 Å². The number of para-hydroxylation sites is 2. The number of hydrogen-bond acceptors (Lipinski definition) is 4. The fourth-order valence-electron chi connectivity index (χ4n) is 1.77. The predicted molar refractivity (Wildman–Crippen MR) is 76.5 cm³/mol. The molecule has 96 valence electrons. The Hall–Kier alpha value is -2.67. The Bertz CT molecular complexity index is 617. The standard InChI is InChI=1S/C15H15N3O/c1-2-19-14-9-5-8-13(15(14)17)18-12-7-4-3-6-11(12)10-16/h3-9,18H,2,17H2,1H3. The summed E-state index contributed by atoms with van der Waals surface area (Å²) in [6, 6.07) is 15.0. The van der Waals surface area contributed by atoms with E-state index in [4.69, 9.17) is 15.7 Å². The highest BCUT2D eigenvalue weighted by Crippen LogP contribution is 2.32. The van der Waals surface area contributed by atoms with E-state index in [2.05, 4.69) is 11.4 Å². The molecule has 0 atom stereocenters. The summed E-state index contributed by atoms with van der Waals surface area (Å²) in [6.07, 6.45) is 0. The molecule has 0 radical (unpaired) electrons. The van der Waals surface area contributed by atoms with Crippen molar-refractivity contribution in [3.8, 4) is 11.8 Å². The zero-order valence-corrected chi connectivity index (χ0v) is 10.7. The van der Waals surface area contributed by atoms with Crippen LogP contribution in [0.5, 0.6) is 5.75 Å². The van der Waals surface area contributed by atoms with Crippen LogP contribution >= 0.6 is 0 Å². The van der Waals surface area contributed by atoms with E-state index >= 15 is 0 Å². The normalized spacial score (nSPS) is 9.68. The summed E-state index contributed by atoms with van der Waals surface area (Å²) in [7, 11) is 0. The number of hydrogen-bond donors (Lipinski definition) is 2. The number of nitriles is 1. The molecule has 0 unspecified atom stereocenters. The first-order valence-corrected chi connectivity index (χ1v) is 6.03. The minimum atomic E-state index is 0.539. The van der Waals surface area contributed by atoms with Gasteiger partial charge >= 0.3 is 0 Å². The number of benzene rings is 2. The highest BCUT2D eigenvalue weighted by atomic mass is 16.5. The maximum absolute atomic E-state index is 9.06. The third-order valence-electron chi connectivity index (χ3n) is 2.68. The monoisotopic (exact) mass is 253 g/mol. The molecule has 4 heteroatoms. The van der Waals surface area contributed by atoms with Crippen molar-refractivity contribution in [2.24, 2.45) is 0 Å². The summed E-state index contributed by atoms with van der Waals surface area (Å²) in [5.74, 6) is 0.641. The smallest absolute Gasteiger partial charge is 0.144 e. The van der Waals surface area contributed by atoms with Gasteiger partial charge in [-0.3, -0.25) is 0 Å². The Labute approximate surface area is 112 Å². The molecule has 2 aromatic carbocycles. The molecule has 0 fully saturated rings. The summed E-state index contributed by atoms with van der Waals surface area (Å²) in [5, 5.41) is 12.2. The molecule has 0 aliphatic carbocycles. The van der Waals surface area contributed by atoms with Crippen molar-refractivity contribution in [3.63, 3.8) is 0 Å². The van der Waals surface area contributed by atoms with Crippen LogP contribution in [-0.2, 0) is 0 Å². The first kappa shape index (κ1) is 12.8. The maximum atomic E-state index is 9.06. The van der Waals surface area contributed by atoms with Crippen molar-refractivity contribution in [1.82, 2.24) is 0 Å². The minimum Gasteiger partial charge on any atom is -0.492 e. The van der Waals surface area contributed by atoms with Gasteiger partial charge in [0.2, 0.25) is 0 Å². The lowest BCUT2D eigenvalue weighted by Gasteiger charge is -2.13. The highest BCUT2D eigenvalue weighted by Gasteiger charge is 2.07. The number of ether oxygens (including phenoxy) is 1. The van der Waals surface area contributed by atoms with Gasteiger partial charge in [-0.05, 0) is 31.2 Å². The summed E-state index contributed by atoms with van der Waals surface area (Å²) < 4.78 is 5.44. The van der Waals surface area contributed by atoms with Crippen LogP contribution < -0.4 is 15.8 Å². The molecule has 4 nitrogen and oxygen atoms in total. The second-order valence-electron chi connectivity index (χ2n) is 3.93. The molecular weight excluding hydrogens is 238 g/mol. The molecule has 3 N–H and O–H groups in total. The van der Waals surface area contributed by atoms with E-state index in [1.807, 2.05) is 43.3 Å². The van der Waals surface area contributed by atoms with E-state index in [0.29, 0.717) is 23.6 Å². The molecule has 2 aromatic rings. The quantitative estimate of drug-likeness (QED) is 0.820. The van der Waals surface area contributed by atoms with Gasteiger partial charge < -0.3 is 15.8 Å². The Morgan fingerprint density at radius 1 is 1.16 bits per heavy atom. The Morgan fingerprint density at radius 3 is 2.63 bits per heavy atom. The number of nitrogens with two attached hydrogens (primary N) is 1. The number of rotatable bonds is 4. The second kappa shape index (κ2) is 5.78. The zero-order chi connectivity index (χ0) is 13.7. The van der Waals surface area contributed by atoms with Gasteiger partial charge in [-0.15, -0.1) is 0 Å². The maximum Gasteiger partial charge on any atom is 0.144 e. The molecule has 0 aliphatic heterocycles. The van der Waals surface area contributed by atoms with Crippen molar-refractivity contribution < 1.29 is 4.74 Å². The van der Waals surface area contributed by atoms with Crippen molar-refractivity contribution in [1.29, 1.82) is 5.26 Å². The van der Waals surface area contributed by atoms with E-state index in [-0.39, 0.29) is 0 Å². The van der Waals surface area contributed by atoms with Gasteiger partial charge in [-0.2, -0.15) is 5.26 Å². The van der Waals surface area contributed by atoms with Crippen LogP contribution in [0.2, 0.25) is 0 Å². The molecule has 0 bridgehead atoms. The van der Waals surface area contributed by atoms with Crippen LogP contribution in [0.4, 0.5) is 17.1 Å². The van der Waals surface area contributed by atoms with E-state index in [0.717, 1.165) is 11.4 Å². The SMILES string of the molecule is CCOc1cccc(Nc2ccccc2C#N)c1N. The van der Waals surface area contributed by atoms with Gasteiger partial charge in [0.25, 0.3) is 0 Å². The molecule has 0 aromatic heterocycles. The molecule has 0 amide bonds. The van der Waals surface area contributed by atoms with Crippen molar-refractivity contribution in [2.75, 3.05) is 17.7 Å². The minimum absolute atomic E-state index is 0.539. The van der Waals surface area contributed by atoms with E-state index in [9.17, 15) is 0 Å². The predicted octanol–water partition coefficient (Wildman–Crippen LogP) is 3.28. The van der Waals surface area contributed by atoms with Gasteiger partial charge in [0.05, 0.1) is 29.2 Å². The first-order chi connectivity index (χ1) is 9.26. The summed E-state index contributed by atoms with van der Waals surface area (Å²) >= 11 is 0. The van der Waals surface area contributed by atoms with Crippen molar-refractivity contribution in [2.45, 2.75) is 6.92 Å². The average molecular weight is 253 g/mol. The van der Waals surface area contributed by atoms with Crippen molar-refractivity contribution in [3.05, 3.63) is 48.0 Å². The van der Waals surface area contributed by atoms with Crippen LogP contribution in [0.1, 0.15) is 12.5 Å². The van der Waals surface area contributed by atoms with Crippen LogP contribution in [0.3, 0.4) is 0 Å². The summed E-state index contributed by atoms with van der Waals surface area (Å²) in [5.41, 5.74) is 8.61. The van der Waals surface area contributed by atoms with Crippen LogP contribution in [0.15, 0.2) is 42.5 Å². The van der Waals surface area contributed by atoms with E-state index < -0.39 is 0 Å². The van der Waals surface area contributed by atoms with Crippen LogP contribution in [-0.4, -0.2) is 6.61 Å². The number of anilines is 3. The molecule has 0 heterocycles. The zero-order valence-electron chi connectivity index (χ0n) is 10.7. The summed E-state index contributed by atoms with van der Waals surface area (Å²) in [6.45, 7) is 2.47. The number of nitrogens with zero attached hydrogens (tertiary/aromatic N) is 1. The third kappa shape index (κ3) is 2.78. The van der Waals surface area contributed by atoms with Gasteiger partial charge in [0, 0.05) is 0 Å². The molecule has 0 saturated heterocycles. The largest absolute Gasteiger partial charge is 0.492 e. The molecule has 19 heavy (non-hydrogen) atoms. The van der Waals surface area contributed by atoms with Crippen molar-refractivity contribution >= 4 is 17.1 Å². The fourth-order valence-corrected chi connectivity index (χ4v) is 1.77. The molecule has 2 rings (SSSR count). The van der Waals surface area contributed by atoms with Gasteiger partial charge in [-0.25, -0.2) is 0 Å². The van der Waals surface area contributed by atoms with Gasteiger partial charge in [-0.1, -0.05) is 18.2 Å².